The Morgan fingerprint density at radius 3 is 2.46 bits per heavy atom. The van der Waals surface area contributed by atoms with Gasteiger partial charge in [0, 0.05) is 44.6 Å². The van der Waals surface area contributed by atoms with Crippen molar-refractivity contribution >= 4 is 11.6 Å². The zero-order valence-electron chi connectivity index (χ0n) is 14.1. The minimum Gasteiger partial charge on any atom is -0.389 e. The second-order valence-electron chi connectivity index (χ2n) is 6.23. The van der Waals surface area contributed by atoms with E-state index in [1.54, 1.807) is 17.0 Å². The Bertz CT molecular complexity index is 625. The maximum absolute atomic E-state index is 13.0. The first-order valence-corrected chi connectivity index (χ1v) is 8.14. The summed E-state index contributed by atoms with van der Waals surface area (Å²) < 4.78 is 13.0. The number of hydrogen-bond donors (Lipinski definition) is 1. The Hall–Kier alpha value is -2.55. The number of nitriles is 1. The van der Waals surface area contributed by atoms with Gasteiger partial charge in [-0.3, -0.25) is 4.79 Å². The number of piperazine rings is 1. The van der Waals surface area contributed by atoms with E-state index in [1.807, 2.05) is 6.07 Å². The monoisotopic (exact) mass is 330 g/mol. The first-order valence-electron chi connectivity index (χ1n) is 8.14. The molecule has 1 aliphatic rings. The normalized spacial score (nSPS) is 15.4. The molecule has 0 unspecified atom stereocenters. The Labute approximate surface area is 142 Å². The summed E-state index contributed by atoms with van der Waals surface area (Å²) in [6.07, 6.45) is 1.51. The van der Waals surface area contributed by atoms with Crippen molar-refractivity contribution in [2.45, 2.75) is 13.8 Å². The number of anilines is 1. The highest BCUT2D eigenvalue weighted by molar-refractivity contribution is 5.97. The molecule has 1 fully saturated rings. The van der Waals surface area contributed by atoms with Gasteiger partial charge in [0.25, 0.3) is 5.91 Å². The van der Waals surface area contributed by atoms with Gasteiger partial charge >= 0.3 is 0 Å². The molecule has 1 heterocycles. The fourth-order valence-corrected chi connectivity index (χ4v) is 2.53. The third kappa shape index (κ3) is 4.72. The Morgan fingerprint density at radius 1 is 1.29 bits per heavy atom. The first kappa shape index (κ1) is 17.8. The summed E-state index contributed by atoms with van der Waals surface area (Å²) >= 11 is 0. The van der Waals surface area contributed by atoms with Gasteiger partial charge in [-0.25, -0.2) is 4.39 Å². The summed E-state index contributed by atoms with van der Waals surface area (Å²) in [5, 5.41) is 12.2. The highest BCUT2D eigenvalue weighted by atomic mass is 19.1. The number of carbonyl (C=O) groups excluding carboxylic acids is 1. The lowest BCUT2D eigenvalue weighted by Crippen LogP contribution is -2.49. The van der Waals surface area contributed by atoms with Gasteiger partial charge in [-0.1, -0.05) is 13.8 Å². The molecule has 0 bridgehead atoms. The van der Waals surface area contributed by atoms with E-state index in [0.717, 1.165) is 12.2 Å². The molecule has 24 heavy (non-hydrogen) atoms. The van der Waals surface area contributed by atoms with Crippen molar-refractivity contribution in [3.63, 3.8) is 0 Å². The average molecular weight is 330 g/mol. The van der Waals surface area contributed by atoms with Crippen LogP contribution in [0.3, 0.4) is 0 Å². The van der Waals surface area contributed by atoms with Crippen molar-refractivity contribution in [2.75, 3.05) is 37.6 Å². The van der Waals surface area contributed by atoms with Gasteiger partial charge in [-0.15, -0.1) is 0 Å². The van der Waals surface area contributed by atoms with Gasteiger partial charge in [-0.2, -0.15) is 5.26 Å². The Morgan fingerprint density at radius 2 is 1.92 bits per heavy atom. The number of carbonyl (C=O) groups is 1. The molecule has 0 aromatic heterocycles. The molecule has 6 heteroatoms. The maximum Gasteiger partial charge on any atom is 0.266 e. The van der Waals surface area contributed by atoms with Gasteiger partial charge in [0.1, 0.15) is 17.5 Å². The van der Waals surface area contributed by atoms with E-state index in [0.29, 0.717) is 32.1 Å². The Kier molecular flexibility index (Phi) is 6.19. The molecule has 0 aliphatic carbocycles. The summed E-state index contributed by atoms with van der Waals surface area (Å²) in [4.78, 5) is 16.2. The van der Waals surface area contributed by atoms with Gasteiger partial charge in [-0.05, 0) is 30.2 Å². The molecule has 1 aromatic carbocycles. The third-order valence-electron chi connectivity index (χ3n) is 3.88. The maximum atomic E-state index is 13.0. The first-order chi connectivity index (χ1) is 11.5. The number of rotatable bonds is 5. The largest absolute Gasteiger partial charge is 0.389 e. The third-order valence-corrected chi connectivity index (χ3v) is 3.88. The van der Waals surface area contributed by atoms with Gasteiger partial charge < -0.3 is 15.1 Å². The highest BCUT2D eigenvalue weighted by Gasteiger charge is 2.23. The lowest BCUT2D eigenvalue weighted by atomic mass is 10.2. The van der Waals surface area contributed by atoms with Crippen molar-refractivity contribution in [3.8, 4) is 6.07 Å². The molecule has 1 N–H and O–H groups in total. The van der Waals surface area contributed by atoms with Gasteiger partial charge in [0.15, 0.2) is 0 Å². The van der Waals surface area contributed by atoms with Crippen LogP contribution in [0.2, 0.25) is 0 Å². The molecule has 5 nitrogen and oxygen atoms in total. The van der Waals surface area contributed by atoms with E-state index < -0.39 is 0 Å². The number of hydrogen-bond acceptors (Lipinski definition) is 4. The van der Waals surface area contributed by atoms with Crippen LogP contribution >= 0.6 is 0 Å². The molecule has 0 saturated carbocycles. The van der Waals surface area contributed by atoms with E-state index in [4.69, 9.17) is 0 Å². The lowest BCUT2D eigenvalue weighted by Gasteiger charge is -2.36. The molecule has 0 atom stereocenters. The highest BCUT2D eigenvalue weighted by Crippen LogP contribution is 2.17. The SMILES string of the molecule is CC(C)CN/C=C(/C#N)C(=O)N1CCN(c2ccc(F)cc2)CC1. The molecule has 1 aromatic rings. The predicted octanol–water partition coefficient (Wildman–Crippen LogP) is 2.13. The molecule has 1 aliphatic heterocycles. The quantitative estimate of drug-likeness (QED) is 0.664. The molecule has 0 radical (unpaired) electrons. The predicted molar refractivity (Wildman–Crippen MR) is 91.7 cm³/mol. The minimum absolute atomic E-state index is 0.130. The van der Waals surface area contributed by atoms with Crippen LogP contribution in [0.1, 0.15) is 13.8 Å². The van der Waals surface area contributed by atoms with Crippen LogP contribution in [-0.4, -0.2) is 43.5 Å². The lowest BCUT2D eigenvalue weighted by molar-refractivity contribution is -0.127. The zero-order chi connectivity index (χ0) is 17.5. The summed E-state index contributed by atoms with van der Waals surface area (Å²) in [6.45, 7) is 7.24. The number of halogens is 1. The number of nitrogens with zero attached hydrogens (tertiary/aromatic N) is 3. The van der Waals surface area contributed by atoms with Crippen LogP contribution in [0.25, 0.3) is 0 Å². The standard InChI is InChI=1S/C18H23FN4O/c1-14(2)12-21-13-15(11-20)18(24)23-9-7-22(8-10-23)17-5-3-16(19)4-6-17/h3-6,13-14,21H,7-10,12H2,1-2H3/b15-13-. The fourth-order valence-electron chi connectivity index (χ4n) is 2.53. The molecular formula is C18H23FN4O. The Balaban J connectivity index is 1.91. The van der Waals surface area contributed by atoms with Crippen LogP contribution in [-0.2, 0) is 4.79 Å². The smallest absolute Gasteiger partial charge is 0.266 e. The van der Waals surface area contributed by atoms with E-state index in [2.05, 4.69) is 24.1 Å². The van der Waals surface area contributed by atoms with E-state index in [-0.39, 0.29) is 17.3 Å². The average Bonchev–Trinajstić information content (AvgIpc) is 2.59. The summed E-state index contributed by atoms with van der Waals surface area (Å²) in [6, 6.07) is 8.32. The van der Waals surface area contributed by atoms with Crippen LogP contribution in [0.5, 0.6) is 0 Å². The van der Waals surface area contributed by atoms with Crippen LogP contribution in [0.15, 0.2) is 36.0 Å². The van der Waals surface area contributed by atoms with Crippen LogP contribution in [0, 0.1) is 23.1 Å². The van der Waals surface area contributed by atoms with Crippen molar-refractivity contribution in [1.82, 2.24) is 10.2 Å². The second kappa shape index (κ2) is 8.34. The zero-order valence-corrected chi connectivity index (χ0v) is 14.1. The van der Waals surface area contributed by atoms with Crippen molar-refractivity contribution in [2.24, 2.45) is 5.92 Å². The van der Waals surface area contributed by atoms with E-state index >= 15 is 0 Å². The van der Waals surface area contributed by atoms with Crippen LogP contribution in [0.4, 0.5) is 10.1 Å². The van der Waals surface area contributed by atoms with Crippen LogP contribution < -0.4 is 10.2 Å². The topological polar surface area (TPSA) is 59.4 Å². The van der Waals surface area contributed by atoms with E-state index in [1.165, 1.54) is 18.3 Å². The minimum atomic E-state index is -0.259. The summed E-state index contributed by atoms with van der Waals surface area (Å²) in [5.74, 6) is -0.0617. The number of nitrogens with one attached hydrogen (secondary N) is 1. The summed E-state index contributed by atoms with van der Waals surface area (Å²) in [7, 11) is 0. The second-order valence-corrected chi connectivity index (χ2v) is 6.23. The summed E-state index contributed by atoms with van der Waals surface area (Å²) in [5.41, 5.74) is 1.07. The van der Waals surface area contributed by atoms with Crippen molar-refractivity contribution in [3.05, 3.63) is 41.9 Å². The molecule has 1 saturated heterocycles. The van der Waals surface area contributed by atoms with E-state index in [9.17, 15) is 14.4 Å². The number of amides is 1. The molecule has 0 spiro atoms. The van der Waals surface area contributed by atoms with Gasteiger partial charge in [0.05, 0.1) is 0 Å². The molecule has 1 amide bonds. The molecule has 2 rings (SSSR count). The molecule has 128 valence electrons. The fraction of sp³-hybridized carbons (Fsp3) is 0.444. The van der Waals surface area contributed by atoms with Gasteiger partial charge in [0.2, 0.25) is 0 Å². The van der Waals surface area contributed by atoms with Crippen molar-refractivity contribution in [1.29, 1.82) is 5.26 Å². The van der Waals surface area contributed by atoms with Crippen molar-refractivity contribution < 1.29 is 9.18 Å². The number of benzene rings is 1. The molecular weight excluding hydrogens is 307 g/mol.